The van der Waals surface area contributed by atoms with Crippen molar-refractivity contribution in [3.8, 4) is 5.75 Å². The van der Waals surface area contributed by atoms with Gasteiger partial charge in [-0.25, -0.2) is 0 Å². The van der Waals surface area contributed by atoms with Crippen molar-refractivity contribution in [2.75, 3.05) is 20.6 Å². The Labute approximate surface area is 471 Å². The first-order chi connectivity index (χ1) is 38.0. The predicted molar refractivity (Wildman–Crippen MR) is 307 cm³/mol. The van der Waals surface area contributed by atoms with Crippen molar-refractivity contribution in [3.63, 3.8) is 0 Å². The van der Waals surface area contributed by atoms with Gasteiger partial charge in [-0.1, -0.05) is 108 Å². The van der Waals surface area contributed by atoms with Crippen LogP contribution in [-0.2, 0) is 61.2 Å². The van der Waals surface area contributed by atoms with Gasteiger partial charge in [-0.3, -0.25) is 33.6 Å². The lowest BCUT2D eigenvalue weighted by atomic mass is 9.83. The maximum Gasteiger partial charge on any atom is 0.251 e. The van der Waals surface area contributed by atoms with Crippen LogP contribution in [0.15, 0.2) is 91.0 Å². The highest BCUT2D eigenvalue weighted by atomic mass is 16.5. The molecule has 1 fully saturated rings. The Morgan fingerprint density at radius 3 is 1.64 bits per heavy atom. The van der Waals surface area contributed by atoms with Crippen LogP contribution in [-0.4, -0.2) is 114 Å². The molecule has 0 aromatic heterocycles. The van der Waals surface area contributed by atoms with E-state index in [-0.39, 0.29) is 80.1 Å². The number of fused-ring (bicyclic) bond motifs is 3. The average Bonchev–Trinajstić information content (AvgIpc) is 3.88. The topological polar surface area (TPSA) is 219 Å². The van der Waals surface area contributed by atoms with E-state index in [0.29, 0.717) is 11.3 Å². The second kappa shape index (κ2) is 25.1. The first kappa shape index (κ1) is 59.0. The van der Waals surface area contributed by atoms with E-state index in [4.69, 9.17) is 4.74 Å². The van der Waals surface area contributed by atoms with Crippen molar-refractivity contribution in [3.05, 3.63) is 136 Å². The van der Waals surface area contributed by atoms with Gasteiger partial charge in [0.2, 0.25) is 35.4 Å². The maximum absolute atomic E-state index is 14.9. The molecule has 17 heteroatoms. The zero-order valence-electron chi connectivity index (χ0n) is 48.3. The third-order valence-electron chi connectivity index (χ3n) is 16.6. The lowest BCUT2D eigenvalue weighted by Gasteiger charge is -2.41. The van der Waals surface area contributed by atoms with E-state index in [0.717, 1.165) is 66.3 Å². The predicted octanol–water partition coefficient (Wildman–Crippen LogP) is 5.88. The number of nitrogens with zero attached hydrogens (tertiary/aromatic N) is 2. The Bertz CT molecular complexity index is 2930. The monoisotopic (exact) mass is 1090 g/mol. The molecule has 428 valence electrons. The van der Waals surface area contributed by atoms with Gasteiger partial charge in [0.1, 0.15) is 36.5 Å². The smallest absolute Gasteiger partial charge is 0.251 e. The molecule has 7 N–H and O–H groups in total. The summed E-state index contributed by atoms with van der Waals surface area (Å²) in [5, 5.41) is 21.5. The third kappa shape index (κ3) is 13.7. The minimum atomic E-state index is -0.948. The van der Waals surface area contributed by atoms with Gasteiger partial charge in [0.25, 0.3) is 5.91 Å². The minimum Gasteiger partial charge on any atom is -0.489 e. The first-order valence-electron chi connectivity index (χ1n) is 28.5. The lowest BCUT2D eigenvalue weighted by Crippen LogP contribution is -2.62. The fourth-order valence-electron chi connectivity index (χ4n) is 11.5. The molecular formula is C63H83N9O8. The van der Waals surface area contributed by atoms with E-state index >= 15 is 0 Å². The van der Waals surface area contributed by atoms with Crippen molar-refractivity contribution in [2.24, 2.45) is 10.8 Å². The zero-order valence-corrected chi connectivity index (χ0v) is 48.3. The molecule has 2 aliphatic heterocycles. The SMILES string of the molecule is CNC(C)C(=O)NC(C(=O)N1Cc2cc(OCc3ccc(C(=O)N[C@H]4C[C@@H](C(=O)N[C@@H]5CCCc6ccccc65)N(C(=O)C(NC(=O)C(C)NC)C(C)(C)C)C4)cc3)ccc2CC1C(=O)N[C@@H]1CCCc2ccccc21)C(C)(C)C. The van der Waals surface area contributed by atoms with Gasteiger partial charge in [0, 0.05) is 31.1 Å². The number of likely N-dealkylation sites (tertiary alicyclic amines) is 1. The first-order valence-corrected chi connectivity index (χ1v) is 28.5. The molecular weight excluding hydrogens is 1010 g/mol. The third-order valence-corrected chi connectivity index (χ3v) is 16.6. The summed E-state index contributed by atoms with van der Waals surface area (Å²) < 4.78 is 6.34. The van der Waals surface area contributed by atoms with Gasteiger partial charge in [-0.2, -0.15) is 0 Å². The van der Waals surface area contributed by atoms with E-state index in [1.807, 2.05) is 102 Å². The lowest BCUT2D eigenvalue weighted by molar-refractivity contribution is -0.147. The molecule has 17 nitrogen and oxygen atoms in total. The molecule has 4 aromatic rings. The van der Waals surface area contributed by atoms with E-state index in [9.17, 15) is 33.6 Å². The van der Waals surface area contributed by atoms with Gasteiger partial charge in [0.15, 0.2) is 0 Å². The quantitative estimate of drug-likeness (QED) is 0.0666. The molecule has 1 saturated heterocycles. The summed E-state index contributed by atoms with van der Waals surface area (Å²) in [6.07, 6.45) is 5.73. The van der Waals surface area contributed by atoms with Gasteiger partial charge < -0.3 is 51.8 Å². The highest BCUT2D eigenvalue weighted by Gasteiger charge is 2.47. The van der Waals surface area contributed by atoms with Gasteiger partial charge in [0.05, 0.1) is 24.2 Å². The molecule has 8 rings (SSSR count). The van der Waals surface area contributed by atoms with Crippen LogP contribution in [0.25, 0.3) is 0 Å². The van der Waals surface area contributed by atoms with Crippen molar-refractivity contribution in [2.45, 2.75) is 174 Å². The van der Waals surface area contributed by atoms with Crippen LogP contribution in [0.4, 0.5) is 0 Å². The van der Waals surface area contributed by atoms with Gasteiger partial charge in [-0.15, -0.1) is 0 Å². The number of carbonyl (C=O) groups excluding carboxylic acids is 7. The standard InChI is InChI=1S/C63H83N9O8/c1-37(64-9)55(73)69-53(62(3,4)5)60(78)71-34-44-31-46(30-29-43(44)32-51(71)58(76)67-49-23-15-19-40-17-11-13-21-47(40)49)80-36-39-25-27-42(28-26-39)57(75)66-45-33-52(59(77)68-50-24-16-20-41-18-12-14-22-48(41)50)72(35-45)61(79)54(63(6,7)8)70-56(74)38(2)65-10/h11-14,17-18,21-22,25-31,37-38,45,49-54,64-65H,15-16,19-20,23-24,32-36H2,1-10H3,(H,66,75)(H,67,76)(H,68,77)(H,69,73)(H,70,74)/t37?,38?,45-,49+,50+,51?,52-,53?,54?/m0/s1. The van der Waals surface area contributed by atoms with E-state index < -0.39 is 59.0 Å². The van der Waals surface area contributed by atoms with Crippen LogP contribution in [0.1, 0.15) is 149 Å². The van der Waals surface area contributed by atoms with Crippen LogP contribution in [0.5, 0.6) is 5.75 Å². The number of hydrogen-bond donors (Lipinski definition) is 7. The molecule has 7 amide bonds. The Hall–Kier alpha value is -7.11. The normalized spacial score (nSPS) is 21.2. The van der Waals surface area contributed by atoms with Crippen molar-refractivity contribution < 1.29 is 38.3 Å². The summed E-state index contributed by atoms with van der Waals surface area (Å²) in [6, 6.07) is 23.3. The Morgan fingerprint density at radius 1 is 0.600 bits per heavy atom. The molecule has 4 aromatic carbocycles. The Kier molecular flexibility index (Phi) is 18.5. The summed E-state index contributed by atoms with van der Waals surface area (Å²) in [5.41, 5.74) is 6.09. The summed E-state index contributed by atoms with van der Waals surface area (Å²) >= 11 is 0. The number of rotatable bonds is 17. The number of aryl methyl sites for hydroxylation is 2. The minimum absolute atomic E-state index is 0.0690. The number of benzene rings is 4. The number of carbonyl (C=O) groups is 7. The van der Waals surface area contributed by atoms with Crippen LogP contribution >= 0.6 is 0 Å². The number of ether oxygens (including phenoxy) is 1. The van der Waals surface area contributed by atoms with Crippen LogP contribution in [0, 0.1) is 10.8 Å². The molecule has 9 atom stereocenters. The molecule has 5 unspecified atom stereocenters. The highest BCUT2D eigenvalue weighted by molar-refractivity contribution is 5.97. The second-order valence-electron chi connectivity index (χ2n) is 24.5. The average molecular weight is 1090 g/mol. The van der Waals surface area contributed by atoms with E-state index in [1.54, 1.807) is 45.0 Å². The molecule has 0 radical (unpaired) electrons. The highest BCUT2D eigenvalue weighted by Crippen LogP contribution is 2.35. The number of nitrogens with one attached hydrogen (secondary N) is 7. The maximum atomic E-state index is 14.9. The molecule has 4 aliphatic rings. The van der Waals surface area contributed by atoms with Crippen LogP contribution in [0.3, 0.4) is 0 Å². The summed E-state index contributed by atoms with van der Waals surface area (Å²) in [4.78, 5) is 102. The number of amides is 7. The second-order valence-corrected chi connectivity index (χ2v) is 24.5. The van der Waals surface area contributed by atoms with Crippen molar-refractivity contribution >= 4 is 41.4 Å². The van der Waals surface area contributed by atoms with E-state index in [2.05, 4.69) is 55.4 Å². The molecule has 0 bridgehead atoms. The molecule has 2 heterocycles. The van der Waals surface area contributed by atoms with Gasteiger partial charge in [-0.05, 0) is 147 Å². The van der Waals surface area contributed by atoms with Crippen molar-refractivity contribution in [1.29, 1.82) is 0 Å². The number of hydrogen-bond acceptors (Lipinski definition) is 10. The number of likely N-dealkylation sites (N-methyl/N-ethyl adjacent to an activating group) is 2. The molecule has 0 spiro atoms. The van der Waals surface area contributed by atoms with E-state index in [1.165, 1.54) is 16.0 Å². The zero-order chi connectivity index (χ0) is 57.6. The Balaban J connectivity index is 0.955. The largest absolute Gasteiger partial charge is 0.489 e. The molecule has 2 aliphatic carbocycles. The summed E-state index contributed by atoms with van der Waals surface area (Å²) in [6.45, 7) is 15.1. The van der Waals surface area contributed by atoms with Crippen molar-refractivity contribution in [1.82, 2.24) is 47.0 Å². The summed E-state index contributed by atoms with van der Waals surface area (Å²) in [5.74, 6) is -1.77. The van der Waals surface area contributed by atoms with Gasteiger partial charge >= 0.3 is 0 Å². The van der Waals surface area contributed by atoms with Crippen LogP contribution < -0.4 is 42.0 Å². The molecule has 80 heavy (non-hydrogen) atoms. The Morgan fingerprint density at radius 2 is 1.11 bits per heavy atom. The fourth-order valence-corrected chi connectivity index (χ4v) is 11.5. The molecule has 0 saturated carbocycles. The van der Waals surface area contributed by atoms with Crippen LogP contribution in [0.2, 0.25) is 0 Å². The summed E-state index contributed by atoms with van der Waals surface area (Å²) in [7, 11) is 3.36. The fraction of sp³-hybridized carbons (Fsp3) is 0.508.